The van der Waals surface area contributed by atoms with Crippen LogP contribution in [0.15, 0.2) is 28.8 Å². The summed E-state index contributed by atoms with van der Waals surface area (Å²) in [6, 6.07) is 7.95. The Labute approximate surface area is 107 Å². The van der Waals surface area contributed by atoms with Crippen molar-refractivity contribution in [1.29, 1.82) is 0 Å². The second-order valence-electron chi connectivity index (χ2n) is 4.58. The molecule has 96 valence electrons. The van der Waals surface area contributed by atoms with Gasteiger partial charge in [-0.3, -0.25) is 0 Å². The van der Waals surface area contributed by atoms with Gasteiger partial charge in [0.2, 0.25) is 11.7 Å². The molecule has 18 heavy (non-hydrogen) atoms. The Morgan fingerprint density at radius 3 is 2.78 bits per heavy atom. The smallest absolute Gasteiger partial charge is 0.232 e. The largest absolute Gasteiger partial charge is 0.393 e. The molecule has 1 aromatic carbocycles. The fourth-order valence-corrected chi connectivity index (χ4v) is 2.01. The Hall–Kier alpha value is -1.68. The number of hydrogen-bond acceptors (Lipinski definition) is 4. The van der Waals surface area contributed by atoms with Gasteiger partial charge in [-0.15, -0.1) is 0 Å². The Kier molecular flexibility index (Phi) is 3.77. The minimum atomic E-state index is -0.485. The fraction of sp³-hybridized carbons (Fsp3) is 0.429. The summed E-state index contributed by atoms with van der Waals surface area (Å²) in [4.78, 5) is 4.38. The summed E-state index contributed by atoms with van der Waals surface area (Å²) in [6.45, 7) is 5.76. The van der Waals surface area contributed by atoms with Crippen LogP contribution >= 0.6 is 0 Å². The molecule has 0 aliphatic heterocycles. The maximum Gasteiger partial charge on any atom is 0.232 e. The van der Waals surface area contributed by atoms with Gasteiger partial charge in [-0.2, -0.15) is 4.98 Å². The molecule has 1 aromatic heterocycles. The predicted molar refractivity (Wildman–Crippen MR) is 69.2 cm³/mol. The molecule has 0 aliphatic rings. The van der Waals surface area contributed by atoms with Crippen LogP contribution in [0.5, 0.6) is 0 Å². The van der Waals surface area contributed by atoms with E-state index in [2.05, 4.69) is 10.1 Å². The molecular weight excluding hydrogens is 228 g/mol. The normalized spacial score (nSPS) is 14.4. The zero-order valence-electron chi connectivity index (χ0n) is 10.9. The van der Waals surface area contributed by atoms with Crippen LogP contribution in [-0.4, -0.2) is 21.4 Å². The van der Waals surface area contributed by atoms with E-state index in [4.69, 9.17) is 4.52 Å². The van der Waals surface area contributed by atoms with E-state index in [9.17, 15) is 5.11 Å². The topological polar surface area (TPSA) is 59.2 Å². The molecule has 0 bridgehead atoms. The lowest BCUT2D eigenvalue weighted by atomic mass is 10.0. The number of aliphatic hydroxyl groups is 1. The van der Waals surface area contributed by atoms with E-state index in [0.29, 0.717) is 11.7 Å². The van der Waals surface area contributed by atoms with E-state index < -0.39 is 6.10 Å². The molecule has 0 radical (unpaired) electrons. The summed E-state index contributed by atoms with van der Waals surface area (Å²) in [5.41, 5.74) is 2.09. The molecule has 2 rings (SSSR count). The van der Waals surface area contributed by atoms with Crippen LogP contribution in [0.1, 0.15) is 37.6 Å². The number of aryl methyl sites for hydroxylation is 1. The first-order valence-electron chi connectivity index (χ1n) is 6.20. The lowest BCUT2D eigenvalue weighted by Crippen LogP contribution is -2.13. The van der Waals surface area contributed by atoms with Gasteiger partial charge in [0, 0.05) is 5.56 Å². The van der Waals surface area contributed by atoms with Gasteiger partial charge in [-0.05, 0) is 26.3 Å². The molecule has 2 aromatic rings. The van der Waals surface area contributed by atoms with Crippen LogP contribution < -0.4 is 0 Å². The molecule has 4 heteroatoms. The second kappa shape index (κ2) is 5.31. The van der Waals surface area contributed by atoms with Crippen molar-refractivity contribution >= 4 is 0 Å². The van der Waals surface area contributed by atoms with Crippen molar-refractivity contribution in [1.82, 2.24) is 10.1 Å². The van der Waals surface area contributed by atoms with Crippen molar-refractivity contribution in [2.75, 3.05) is 0 Å². The summed E-state index contributed by atoms with van der Waals surface area (Å²) in [5.74, 6) is 0.980. The molecule has 2 atom stereocenters. The van der Waals surface area contributed by atoms with Gasteiger partial charge >= 0.3 is 0 Å². The highest BCUT2D eigenvalue weighted by atomic mass is 16.5. The fourth-order valence-electron chi connectivity index (χ4n) is 2.01. The molecule has 0 aliphatic carbocycles. The van der Waals surface area contributed by atoms with Gasteiger partial charge in [-0.1, -0.05) is 35.8 Å². The predicted octanol–water partition coefficient (Wildman–Crippen LogP) is 2.92. The highest BCUT2D eigenvalue weighted by molar-refractivity contribution is 5.55. The van der Waals surface area contributed by atoms with Crippen LogP contribution in [0.25, 0.3) is 11.4 Å². The number of nitrogens with zero attached hydrogens (tertiary/aromatic N) is 2. The maximum absolute atomic E-state index is 9.66. The van der Waals surface area contributed by atoms with Crippen LogP contribution in [0.4, 0.5) is 0 Å². The van der Waals surface area contributed by atoms with Gasteiger partial charge in [-0.25, -0.2) is 0 Å². The van der Waals surface area contributed by atoms with E-state index in [0.717, 1.165) is 17.5 Å². The molecule has 0 spiro atoms. The lowest BCUT2D eigenvalue weighted by molar-refractivity contribution is 0.141. The number of rotatable bonds is 4. The van der Waals surface area contributed by atoms with Crippen molar-refractivity contribution in [3.8, 4) is 11.4 Å². The third kappa shape index (κ3) is 2.59. The Morgan fingerprint density at radius 1 is 1.39 bits per heavy atom. The van der Waals surface area contributed by atoms with Gasteiger partial charge in [0.25, 0.3) is 0 Å². The molecule has 2 unspecified atom stereocenters. The highest BCUT2D eigenvalue weighted by Crippen LogP contribution is 2.24. The minimum absolute atomic E-state index is 0.101. The van der Waals surface area contributed by atoms with E-state index in [1.807, 2.05) is 38.1 Å². The zero-order chi connectivity index (χ0) is 13.1. The van der Waals surface area contributed by atoms with Crippen LogP contribution in [0, 0.1) is 6.92 Å². The van der Waals surface area contributed by atoms with Crippen molar-refractivity contribution in [2.45, 2.75) is 39.2 Å². The van der Waals surface area contributed by atoms with E-state index in [1.54, 1.807) is 6.92 Å². The molecule has 0 amide bonds. The van der Waals surface area contributed by atoms with Crippen LogP contribution in [0.3, 0.4) is 0 Å². The average Bonchev–Trinajstić information content (AvgIpc) is 2.79. The molecule has 4 nitrogen and oxygen atoms in total. The lowest BCUT2D eigenvalue weighted by Gasteiger charge is -2.12. The zero-order valence-corrected chi connectivity index (χ0v) is 10.9. The third-order valence-corrected chi connectivity index (χ3v) is 3.06. The summed E-state index contributed by atoms with van der Waals surface area (Å²) in [6.07, 6.45) is 0.286. The molecule has 1 N–H and O–H groups in total. The first kappa shape index (κ1) is 12.8. The average molecular weight is 246 g/mol. The standard InChI is InChI=1S/C14H18N2O2/c1-4-12(10(3)17)14-15-13(16-18-14)11-7-5-6-9(2)8-11/h5-8,10,12,17H,4H2,1-3H3. The summed E-state index contributed by atoms with van der Waals surface area (Å²) in [5, 5.41) is 13.6. The minimum Gasteiger partial charge on any atom is -0.393 e. The van der Waals surface area contributed by atoms with Gasteiger partial charge in [0.1, 0.15) is 0 Å². The van der Waals surface area contributed by atoms with Crippen molar-refractivity contribution in [3.05, 3.63) is 35.7 Å². The Bertz CT molecular complexity index is 520. The monoisotopic (exact) mass is 246 g/mol. The highest BCUT2D eigenvalue weighted by Gasteiger charge is 2.22. The van der Waals surface area contributed by atoms with Crippen molar-refractivity contribution < 1.29 is 9.63 Å². The van der Waals surface area contributed by atoms with Crippen molar-refractivity contribution in [3.63, 3.8) is 0 Å². The third-order valence-electron chi connectivity index (χ3n) is 3.06. The van der Waals surface area contributed by atoms with Gasteiger partial charge in [0.15, 0.2) is 0 Å². The summed E-state index contributed by atoms with van der Waals surface area (Å²) in [7, 11) is 0. The van der Waals surface area contributed by atoms with Crippen molar-refractivity contribution in [2.24, 2.45) is 0 Å². The van der Waals surface area contributed by atoms with Crippen LogP contribution in [-0.2, 0) is 0 Å². The molecule has 0 saturated carbocycles. The Balaban J connectivity index is 2.30. The number of aromatic nitrogens is 2. The molecule has 1 heterocycles. The summed E-state index contributed by atoms with van der Waals surface area (Å²) >= 11 is 0. The SMILES string of the molecule is CCC(c1nc(-c2cccc(C)c2)no1)C(C)O. The molecule has 0 saturated heterocycles. The number of aliphatic hydroxyl groups excluding tert-OH is 1. The van der Waals surface area contributed by atoms with Crippen LogP contribution in [0.2, 0.25) is 0 Å². The quantitative estimate of drug-likeness (QED) is 0.901. The maximum atomic E-state index is 9.66. The summed E-state index contributed by atoms with van der Waals surface area (Å²) < 4.78 is 5.25. The van der Waals surface area contributed by atoms with Gasteiger partial charge < -0.3 is 9.63 Å². The second-order valence-corrected chi connectivity index (χ2v) is 4.58. The Morgan fingerprint density at radius 2 is 2.17 bits per heavy atom. The van der Waals surface area contributed by atoms with Gasteiger partial charge in [0.05, 0.1) is 12.0 Å². The van der Waals surface area contributed by atoms with E-state index in [1.165, 1.54) is 0 Å². The number of benzene rings is 1. The number of hydrogen-bond donors (Lipinski definition) is 1. The van der Waals surface area contributed by atoms with E-state index >= 15 is 0 Å². The molecule has 0 fully saturated rings. The van der Waals surface area contributed by atoms with E-state index in [-0.39, 0.29) is 5.92 Å². The first-order chi connectivity index (χ1) is 8.61. The molecular formula is C14H18N2O2. The first-order valence-corrected chi connectivity index (χ1v) is 6.20.